The normalized spacial score (nSPS) is 42.6. The number of halogens is 1. The van der Waals surface area contributed by atoms with Crippen molar-refractivity contribution in [1.29, 1.82) is 0 Å². The Morgan fingerprint density at radius 2 is 1.84 bits per heavy atom. The number of nitrogens with zero attached hydrogens (tertiary/aromatic N) is 1. The number of fused-ring (bicyclic) bond motifs is 5. The van der Waals surface area contributed by atoms with E-state index in [1.165, 1.54) is 32.1 Å². The number of aromatic nitrogens is 1. The Labute approximate surface area is 209 Å². The van der Waals surface area contributed by atoms with Crippen molar-refractivity contribution >= 4 is 35.7 Å². The van der Waals surface area contributed by atoms with Crippen LogP contribution in [0.5, 0.6) is 0 Å². The molecule has 0 spiro atoms. The molecule has 5 rings (SSSR count). The van der Waals surface area contributed by atoms with Crippen molar-refractivity contribution in [1.82, 2.24) is 4.98 Å². The molecule has 1 aromatic heterocycles. The van der Waals surface area contributed by atoms with Crippen molar-refractivity contribution in [3.8, 4) is 0 Å². The van der Waals surface area contributed by atoms with Gasteiger partial charge in [-0.15, -0.1) is 24.0 Å². The molecule has 0 amide bonds. The molecular weight excluding hydrogens is 513 g/mol. The van der Waals surface area contributed by atoms with Crippen molar-refractivity contribution in [3.63, 3.8) is 0 Å². The van der Waals surface area contributed by atoms with Crippen LogP contribution < -0.4 is 0 Å². The number of hydrogen-bond acceptors (Lipinski definition) is 4. The largest absolute Gasteiger partial charge is 0.458 e. The third kappa shape index (κ3) is 3.65. The highest BCUT2D eigenvalue weighted by molar-refractivity contribution is 14.0. The Balaban J connectivity index is 0.00000245. The summed E-state index contributed by atoms with van der Waals surface area (Å²) in [6, 6.07) is 3.60. The zero-order valence-corrected chi connectivity index (χ0v) is 22.0. The summed E-state index contributed by atoms with van der Waals surface area (Å²) in [7, 11) is 0. The fourth-order valence-electron chi connectivity index (χ4n) is 8.82. The molecule has 4 aliphatic rings. The average Bonchev–Trinajstić information content (AvgIpc) is 3.12. The van der Waals surface area contributed by atoms with Gasteiger partial charge in [0.2, 0.25) is 0 Å². The first-order valence-corrected chi connectivity index (χ1v) is 12.5. The zero-order valence-electron chi connectivity index (χ0n) is 19.7. The number of esters is 1. The second kappa shape index (κ2) is 8.99. The van der Waals surface area contributed by atoms with Gasteiger partial charge in [0.15, 0.2) is 0 Å². The van der Waals surface area contributed by atoms with Gasteiger partial charge in [0, 0.05) is 23.7 Å². The van der Waals surface area contributed by atoms with E-state index in [1.807, 2.05) is 0 Å². The number of Topliss-reactive ketones (excluding diaryl/α,β-unsaturated/α-hetero) is 1. The highest BCUT2D eigenvalue weighted by Crippen LogP contribution is 2.67. The monoisotopic (exact) mass is 551 g/mol. The van der Waals surface area contributed by atoms with E-state index in [2.05, 4.69) is 18.8 Å². The number of hydrogen-bond donors (Lipinski definition) is 0. The van der Waals surface area contributed by atoms with Gasteiger partial charge in [0.25, 0.3) is 0 Å². The van der Waals surface area contributed by atoms with Gasteiger partial charge < -0.3 is 4.74 Å². The Kier molecular flexibility index (Phi) is 6.79. The first-order valence-electron chi connectivity index (χ1n) is 12.5. The summed E-state index contributed by atoms with van der Waals surface area (Å²) in [5.41, 5.74) is 0.776. The summed E-state index contributed by atoms with van der Waals surface area (Å²) in [5.74, 6) is 2.97. The number of carbonyl (C=O) groups is 2. The molecule has 176 valence electrons. The Morgan fingerprint density at radius 3 is 2.56 bits per heavy atom. The van der Waals surface area contributed by atoms with E-state index in [4.69, 9.17) is 4.74 Å². The first kappa shape index (κ1) is 24.2. The Hall–Kier alpha value is -0.980. The van der Waals surface area contributed by atoms with Crippen LogP contribution in [0.2, 0.25) is 0 Å². The van der Waals surface area contributed by atoms with Crippen LogP contribution in [0, 0.1) is 40.4 Å². The van der Waals surface area contributed by atoms with E-state index in [0.29, 0.717) is 35.0 Å². The van der Waals surface area contributed by atoms with E-state index in [1.54, 1.807) is 31.5 Å². The van der Waals surface area contributed by atoms with Crippen LogP contribution in [0.3, 0.4) is 0 Å². The molecule has 0 saturated heterocycles. The highest BCUT2D eigenvalue weighted by atomic mass is 127. The predicted octanol–water partition coefficient (Wildman–Crippen LogP) is 6.47. The second-order valence-corrected chi connectivity index (χ2v) is 11.4. The summed E-state index contributed by atoms with van der Waals surface area (Å²) < 4.78 is 6.26. The number of ether oxygens (including phenoxy) is 1. The molecule has 4 aliphatic carbocycles. The molecule has 0 N–H and O–H groups in total. The van der Waals surface area contributed by atoms with Crippen LogP contribution >= 0.6 is 24.0 Å². The molecule has 5 heteroatoms. The van der Waals surface area contributed by atoms with E-state index in [-0.39, 0.29) is 52.8 Å². The maximum absolute atomic E-state index is 12.9. The van der Waals surface area contributed by atoms with Crippen LogP contribution in [0.4, 0.5) is 0 Å². The minimum Gasteiger partial charge on any atom is -0.458 e. The predicted molar refractivity (Wildman–Crippen MR) is 135 cm³/mol. The van der Waals surface area contributed by atoms with Gasteiger partial charge in [-0.3, -0.25) is 9.78 Å². The van der Waals surface area contributed by atoms with Gasteiger partial charge >= 0.3 is 5.97 Å². The average molecular weight is 552 g/mol. The van der Waals surface area contributed by atoms with Crippen molar-refractivity contribution in [3.05, 3.63) is 30.1 Å². The molecule has 0 bridgehead atoms. The van der Waals surface area contributed by atoms with E-state index < -0.39 is 0 Å². The molecular formula is C27H38INO3. The minimum absolute atomic E-state index is 0. The van der Waals surface area contributed by atoms with Gasteiger partial charge in [0.05, 0.1) is 5.56 Å². The fourth-order valence-corrected chi connectivity index (χ4v) is 8.82. The summed E-state index contributed by atoms with van der Waals surface area (Å²) in [6.45, 7) is 6.65. The van der Waals surface area contributed by atoms with Crippen molar-refractivity contribution in [2.45, 2.75) is 84.7 Å². The number of ketones is 1. The van der Waals surface area contributed by atoms with Crippen molar-refractivity contribution in [2.75, 3.05) is 0 Å². The van der Waals surface area contributed by atoms with Gasteiger partial charge in [-0.25, -0.2) is 4.79 Å². The third-order valence-corrected chi connectivity index (χ3v) is 10.3. The topological polar surface area (TPSA) is 56.3 Å². The van der Waals surface area contributed by atoms with Gasteiger partial charge in [-0.2, -0.15) is 0 Å². The minimum atomic E-state index is -0.222. The highest BCUT2D eigenvalue weighted by Gasteiger charge is 2.62. The lowest BCUT2D eigenvalue weighted by molar-refractivity contribution is -0.166. The zero-order chi connectivity index (χ0) is 21.8. The van der Waals surface area contributed by atoms with Crippen LogP contribution in [-0.4, -0.2) is 22.8 Å². The number of carbonyl (C=O) groups excluding carboxylic acids is 2. The molecule has 0 radical (unpaired) electrons. The molecule has 1 aromatic rings. The van der Waals surface area contributed by atoms with Crippen molar-refractivity contribution in [2.24, 2.45) is 40.4 Å². The van der Waals surface area contributed by atoms with E-state index in [9.17, 15) is 9.59 Å². The molecule has 0 aliphatic heterocycles. The number of rotatable bonds is 3. The molecule has 8 atom stereocenters. The molecule has 0 aromatic carbocycles. The summed E-state index contributed by atoms with van der Waals surface area (Å²) in [5, 5.41) is 0. The van der Waals surface area contributed by atoms with Crippen LogP contribution in [0.25, 0.3) is 0 Å². The van der Waals surface area contributed by atoms with Gasteiger partial charge in [-0.05, 0) is 106 Å². The third-order valence-electron chi connectivity index (χ3n) is 10.3. The lowest BCUT2D eigenvalue weighted by atomic mass is 9.44. The lowest BCUT2D eigenvalue weighted by Crippen LogP contribution is -2.58. The summed E-state index contributed by atoms with van der Waals surface area (Å²) in [4.78, 5) is 29.4. The lowest BCUT2D eigenvalue weighted by Gasteiger charge is -2.62. The summed E-state index contributed by atoms with van der Waals surface area (Å²) >= 11 is 0. The van der Waals surface area contributed by atoms with E-state index in [0.717, 1.165) is 25.7 Å². The number of pyridine rings is 1. The molecule has 1 heterocycles. The van der Waals surface area contributed by atoms with Crippen LogP contribution in [0.15, 0.2) is 24.5 Å². The van der Waals surface area contributed by atoms with Gasteiger partial charge in [0.1, 0.15) is 11.9 Å². The molecule has 32 heavy (non-hydrogen) atoms. The first-order chi connectivity index (χ1) is 14.9. The van der Waals surface area contributed by atoms with E-state index >= 15 is 0 Å². The second-order valence-electron chi connectivity index (χ2n) is 11.4. The van der Waals surface area contributed by atoms with Crippen LogP contribution in [-0.2, 0) is 9.53 Å². The molecule has 4 saturated carbocycles. The fraction of sp³-hybridized carbons (Fsp3) is 0.741. The van der Waals surface area contributed by atoms with Crippen LogP contribution in [0.1, 0.15) is 88.9 Å². The Morgan fingerprint density at radius 1 is 1.03 bits per heavy atom. The molecule has 4 fully saturated rings. The van der Waals surface area contributed by atoms with Crippen molar-refractivity contribution < 1.29 is 14.3 Å². The molecule has 1 unspecified atom stereocenters. The maximum atomic E-state index is 12.9. The van der Waals surface area contributed by atoms with Gasteiger partial charge in [-0.1, -0.05) is 13.8 Å². The smallest absolute Gasteiger partial charge is 0.339 e. The quantitative estimate of drug-likeness (QED) is 0.319. The Bertz CT molecular complexity index is 860. The standard InChI is InChI=1S/C27H37NO3.HI/c1-17(29)21-11-12-22-20-10-9-19-7-4-8-24(31-25(30)18-6-5-15-28-16-18)27(19,3)23(20)13-14-26(21,22)2;/h5-6,15-16,19-24H,4,7-14H2,1-3H3;1H/t19-,20+,21-,22+,23+,24?,26-,27+;/m1./s1. The SMILES string of the molecule is CC(=O)[C@H]1CC[C@H]2[C@@H]3CC[C@H]4CCCC(OC(=O)c5cccnc5)[C@]4(C)[C@H]3CC[C@]12C.I. The molecule has 4 nitrogen and oxygen atoms in total. The maximum Gasteiger partial charge on any atom is 0.339 e. The summed E-state index contributed by atoms with van der Waals surface area (Å²) in [6.07, 6.45) is 13.8.